The smallest absolute Gasteiger partial charge is 0.186 e. The lowest BCUT2D eigenvalue weighted by molar-refractivity contribution is 0.0835. The summed E-state index contributed by atoms with van der Waals surface area (Å²) in [6, 6.07) is 4.50. The first-order valence-corrected chi connectivity index (χ1v) is 8.34. The van der Waals surface area contributed by atoms with E-state index in [1.165, 1.54) is 43.4 Å². The van der Waals surface area contributed by atoms with Gasteiger partial charge in [-0.2, -0.15) is 0 Å². The zero-order valence-corrected chi connectivity index (χ0v) is 13.2. The van der Waals surface area contributed by atoms with E-state index in [0.29, 0.717) is 12.6 Å². The molecule has 0 bridgehead atoms. The first kappa shape index (κ1) is 14.2. The van der Waals surface area contributed by atoms with Crippen LogP contribution in [0.5, 0.6) is 0 Å². The molecule has 0 N–H and O–H groups in total. The summed E-state index contributed by atoms with van der Waals surface area (Å²) in [5.41, 5.74) is 0. The van der Waals surface area contributed by atoms with Crippen LogP contribution in [0, 0.1) is 0 Å². The molecule has 2 rings (SSSR count). The number of hydrogen-bond donors (Lipinski definition) is 0. The molecule has 0 aliphatic carbocycles. The highest BCUT2D eigenvalue weighted by Crippen LogP contribution is 2.25. The molecule has 0 aromatic carbocycles. The summed E-state index contributed by atoms with van der Waals surface area (Å²) in [4.78, 5) is 15.5. The number of likely N-dealkylation sites (tertiary alicyclic amines) is 1. The Morgan fingerprint density at radius 1 is 1.50 bits per heavy atom. The number of ketones is 1. The normalized spacial score (nSPS) is 21.1. The molecule has 1 saturated heterocycles. The second-order valence-corrected chi connectivity index (χ2v) is 7.40. The molecule has 18 heavy (non-hydrogen) atoms. The van der Waals surface area contributed by atoms with Gasteiger partial charge in [-0.1, -0.05) is 19.8 Å². The molecule has 2 heterocycles. The van der Waals surface area contributed by atoms with Crippen LogP contribution in [0.3, 0.4) is 0 Å². The number of thiophene rings is 1. The molecule has 100 valence electrons. The molecule has 2 nitrogen and oxygen atoms in total. The van der Waals surface area contributed by atoms with Crippen LogP contribution in [0.25, 0.3) is 0 Å². The SMILES string of the molecule is CCCC1CCCCN1CC(=O)c1ccc(Br)s1. The molecule has 1 aromatic rings. The molecule has 1 fully saturated rings. The Kier molecular flexibility index (Phi) is 5.39. The minimum absolute atomic E-state index is 0.272. The van der Waals surface area contributed by atoms with Crippen LogP contribution < -0.4 is 0 Å². The Hall–Kier alpha value is -0.190. The second kappa shape index (κ2) is 6.83. The Morgan fingerprint density at radius 2 is 2.33 bits per heavy atom. The minimum atomic E-state index is 0.272. The summed E-state index contributed by atoms with van der Waals surface area (Å²) < 4.78 is 1.04. The van der Waals surface area contributed by atoms with Gasteiger partial charge in [0.05, 0.1) is 15.2 Å². The van der Waals surface area contributed by atoms with Gasteiger partial charge < -0.3 is 0 Å². The molecule has 1 aromatic heterocycles. The minimum Gasteiger partial charge on any atom is -0.293 e. The van der Waals surface area contributed by atoms with Gasteiger partial charge in [-0.3, -0.25) is 9.69 Å². The molecule has 0 spiro atoms. The third kappa shape index (κ3) is 3.65. The summed E-state index contributed by atoms with van der Waals surface area (Å²) in [6.07, 6.45) is 6.25. The molecule has 0 amide bonds. The number of rotatable bonds is 5. The number of hydrogen-bond acceptors (Lipinski definition) is 3. The average molecular weight is 330 g/mol. The van der Waals surface area contributed by atoms with E-state index in [1.807, 2.05) is 12.1 Å². The van der Waals surface area contributed by atoms with Crippen LogP contribution in [0.15, 0.2) is 15.9 Å². The van der Waals surface area contributed by atoms with Crippen LogP contribution in [0.4, 0.5) is 0 Å². The van der Waals surface area contributed by atoms with E-state index in [0.717, 1.165) is 15.2 Å². The van der Waals surface area contributed by atoms with Gasteiger partial charge in [-0.05, 0) is 53.9 Å². The summed E-state index contributed by atoms with van der Waals surface area (Å²) in [7, 11) is 0. The number of Topliss-reactive ketones (excluding diaryl/α,β-unsaturated/α-hetero) is 1. The van der Waals surface area contributed by atoms with Crippen molar-refractivity contribution >= 4 is 33.0 Å². The molecular weight excluding hydrogens is 310 g/mol. The van der Waals surface area contributed by atoms with Crippen molar-refractivity contribution in [2.75, 3.05) is 13.1 Å². The zero-order chi connectivity index (χ0) is 13.0. The van der Waals surface area contributed by atoms with Crippen LogP contribution in [-0.4, -0.2) is 29.8 Å². The highest BCUT2D eigenvalue weighted by Gasteiger charge is 2.24. The Labute approximate surface area is 122 Å². The summed E-state index contributed by atoms with van der Waals surface area (Å²) in [5.74, 6) is 0.272. The summed E-state index contributed by atoms with van der Waals surface area (Å²) >= 11 is 4.95. The van der Waals surface area contributed by atoms with Gasteiger partial charge in [0.25, 0.3) is 0 Å². The molecule has 1 aliphatic rings. The predicted molar refractivity (Wildman–Crippen MR) is 80.5 cm³/mol. The lowest BCUT2D eigenvalue weighted by Gasteiger charge is -2.35. The highest BCUT2D eigenvalue weighted by molar-refractivity contribution is 9.11. The van der Waals surface area contributed by atoms with E-state index in [9.17, 15) is 4.79 Å². The van der Waals surface area contributed by atoms with E-state index < -0.39 is 0 Å². The molecule has 1 unspecified atom stereocenters. The van der Waals surface area contributed by atoms with Crippen molar-refractivity contribution in [1.29, 1.82) is 0 Å². The monoisotopic (exact) mass is 329 g/mol. The largest absolute Gasteiger partial charge is 0.293 e. The van der Waals surface area contributed by atoms with Crippen molar-refractivity contribution in [3.8, 4) is 0 Å². The average Bonchev–Trinajstić information content (AvgIpc) is 2.79. The summed E-state index contributed by atoms with van der Waals surface area (Å²) in [5, 5.41) is 0. The number of piperidine rings is 1. The van der Waals surface area contributed by atoms with E-state index in [1.54, 1.807) is 0 Å². The van der Waals surface area contributed by atoms with Crippen LogP contribution in [0.1, 0.15) is 48.7 Å². The maximum Gasteiger partial charge on any atom is 0.186 e. The van der Waals surface area contributed by atoms with Gasteiger partial charge >= 0.3 is 0 Å². The zero-order valence-electron chi connectivity index (χ0n) is 10.8. The van der Waals surface area contributed by atoms with Gasteiger partial charge in [-0.15, -0.1) is 11.3 Å². The van der Waals surface area contributed by atoms with Crippen molar-refractivity contribution in [2.45, 2.75) is 45.1 Å². The lowest BCUT2D eigenvalue weighted by Crippen LogP contribution is -2.42. The van der Waals surface area contributed by atoms with Gasteiger partial charge in [0.1, 0.15) is 0 Å². The van der Waals surface area contributed by atoms with Gasteiger partial charge in [-0.25, -0.2) is 0 Å². The first-order valence-electron chi connectivity index (χ1n) is 6.73. The fourth-order valence-corrected chi connectivity index (χ4v) is 3.97. The van der Waals surface area contributed by atoms with E-state index in [2.05, 4.69) is 27.8 Å². The molecule has 0 saturated carbocycles. The number of halogens is 1. The Morgan fingerprint density at radius 3 is 3.00 bits per heavy atom. The molecule has 0 radical (unpaired) electrons. The van der Waals surface area contributed by atoms with Gasteiger partial charge in [0, 0.05) is 6.04 Å². The highest BCUT2D eigenvalue weighted by atomic mass is 79.9. The van der Waals surface area contributed by atoms with Gasteiger partial charge in [0.15, 0.2) is 5.78 Å². The quantitative estimate of drug-likeness (QED) is 0.748. The molecule has 4 heteroatoms. The maximum atomic E-state index is 12.2. The van der Waals surface area contributed by atoms with E-state index in [4.69, 9.17) is 0 Å². The third-order valence-electron chi connectivity index (χ3n) is 3.57. The van der Waals surface area contributed by atoms with Crippen molar-refractivity contribution < 1.29 is 4.79 Å². The van der Waals surface area contributed by atoms with Crippen molar-refractivity contribution in [2.24, 2.45) is 0 Å². The van der Waals surface area contributed by atoms with Crippen LogP contribution in [0.2, 0.25) is 0 Å². The van der Waals surface area contributed by atoms with Crippen LogP contribution in [-0.2, 0) is 0 Å². The topological polar surface area (TPSA) is 20.3 Å². The number of nitrogens with zero attached hydrogens (tertiary/aromatic N) is 1. The third-order valence-corrected chi connectivity index (χ3v) is 5.23. The van der Waals surface area contributed by atoms with Gasteiger partial charge in [0.2, 0.25) is 0 Å². The maximum absolute atomic E-state index is 12.2. The van der Waals surface area contributed by atoms with E-state index >= 15 is 0 Å². The van der Waals surface area contributed by atoms with Crippen molar-refractivity contribution in [3.63, 3.8) is 0 Å². The van der Waals surface area contributed by atoms with Crippen molar-refractivity contribution in [3.05, 3.63) is 20.8 Å². The fourth-order valence-electron chi connectivity index (χ4n) is 2.65. The van der Waals surface area contributed by atoms with Crippen LogP contribution >= 0.6 is 27.3 Å². The molecule has 1 atom stereocenters. The predicted octanol–water partition coefficient (Wildman–Crippen LogP) is 4.35. The van der Waals surface area contributed by atoms with E-state index in [-0.39, 0.29) is 5.78 Å². The second-order valence-electron chi connectivity index (χ2n) is 4.94. The summed E-state index contributed by atoms with van der Waals surface area (Å²) in [6.45, 7) is 3.91. The van der Waals surface area contributed by atoms with Crippen molar-refractivity contribution in [1.82, 2.24) is 4.90 Å². The fraction of sp³-hybridized carbons (Fsp3) is 0.643. The Balaban J connectivity index is 1.96. The number of carbonyl (C=O) groups excluding carboxylic acids is 1. The standard InChI is InChI=1S/C14H20BrNOS/c1-2-5-11-6-3-4-9-16(11)10-12(17)13-7-8-14(15)18-13/h7-8,11H,2-6,9-10H2,1H3. The molecule has 1 aliphatic heterocycles. The Bertz CT molecular complexity index is 402. The number of carbonyl (C=O) groups is 1. The molecular formula is C14H20BrNOS. The lowest BCUT2D eigenvalue weighted by atomic mass is 9.98. The first-order chi connectivity index (χ1) is 8.70.